The van der Waals surface area contributed by atoms with Gasteiger partial charge in [-0.25, -0.2) is 4.79 Å². The summed E-state index contributed by atoms with van der Waals surface area (Å²) in [4.78, 5) is 68.3. The molecule has 0 aliphatic heterocycles. The minimum absolute atomic E-state index is 0.0286. The van der Waals surface area contributed by atoms with Gasteiger partial charge in [0.15, 0.2) is 17.5 Å². The van der Waals surface area contributed by atoms with Gasteiger partial charge < -0.3 is 39.1 Å². The number of nitrogens with two attached hydrogens (primary N) is 5. The van der Waals surface area contributed by atoms with Crippen LogP contribution in [0, 0.1) is 17.2 Å². The Morgan fingerprint density at radius 3 is 2.00 bits per heavy atom. The summed E-state index contributed by atoms with van der Waals surface area (Å²) in [6, 6.07) is 4.28. The van der Waals surface area contributed by atoms with Crippen LogP contribution in [0.25, 0.3) is 0 Å². The average Bonchev–Trinajstić information content (AvgIpc) is 2.88. The van der Waals surface area contributed by atoms with Crippen molar-refractivity contribution in [2.75, 3.05) is 13.1 Å². The van der Waals surface area contributed by atoms with E-state index in [1.165, 1.54) is 6.92 Å². The maximum atomic E-state index is 14.0. The van der Waals surface area contributed by atoms with Gasteiger partial charge >= 0.3 is 5.97 Å². The average molecular weight is 563 g/mol. The van der Waals surface area contributed by atoms with Gasteiger partial charge in [-0.05, 0) is 37.7 Å². The minimum Gasteiger partial charge on any atom is -0.479 e. The van der Waals surface area contributed by atoms with E-state index < -0.39 is 77.9 Å². The van der Waals surface area contributed by atoms with E-state index in [1.807, 2.05) is 0 Å². The summed E-state index contributed by atoms with van der Waals surface area (Å²) in [5.74, 6) is -9.16. The van der Waals surface area contributed by atoms with Crippen molar-refractivity contribution in [3.63, 3.8) is 0 Å². The van der Waals surface area contributed by atoms with Gasteiger partial charge in [0, 0.05) is 6.54 Å². The van der Waals surface area contributed by atoms with Crippen LogP contribution in [0.15, 0.2) is 30.3 Å². The van der Waals surface area contributed by atoms with Gasteiger partial charge in [-0.2, -0.15) is 0 Å². The third-order valence-electron chi connectivity index (χ3n) is 6.43. The zero-order chi connectivity index (χ0) is 30.8. The van der Waals surface area contributed by atoms with Crippen LogP contribution in [0.4, 0.5) is 0 Å². The standard InChI is InChI=1S/C26H42N8O6/c1-14(2)11-18(29)22(37)34(23(38)19(30)12-16-7-5-4-6-8-16)26(24(39)40,20(35)13-27)17(21(36)15(3)28)9-10-33-25(31)32/h4-8,14-15,17-19H,9-13,27-30H2,1-3H3,(H,39,40)(H4,31,32,33). The number of rotatable bonds is 16. The molecule has 222 valence electrons. The molecule has 1 aromatic carbocycles. The molecule has 0 bridgehead atoms. The van der Waals surface area contributed by atoms with Crippen LogP contribution < -0.4 is 34.0 Å². The molecule has 13 N–H and O–H groups in total. The maximum absolute atomic E-state index is 14.0. The number of Topliss-reactive ketones (excluding diaryl/α,β-unsaturated/α-hetero) is 2. The fourth-order valence-electron chi connectivity index (χ4n) is 4.57. The second-order valence-electron chi connectivity index (χ2n) is 10.1. The van der Waals surface area contributed by atoms with Crippen molar-refractivity contribution in [1.29, 1.82) is 5.41 Å². The normalized spacial score (nSPS) is 15.7. The molecule has 40 heavy (non-hydrogen) atoms. The highest BCUT2D eigenvalue weighted by Crippen LogP contribution is 2.33. The lowest BCUT2D eigenvalue weighted by Crippen LogP contribution is -2.74. The number of benzene rings is 1. The number of nitrogens with zero attached hydrogens (tertiary/aromatic N) is 1. The number of carboxylic acids is 1. The maximum Gasteiger partial charge on any atom is 0.338 e. The molecule has 14 nitrogen and oxygen atoms in total. The molecular formula is C26H42N8O6. The Morgan fingerprint density at radius 1 is 1.00 bits per heavy atom. The van der Waals surface area contributed by atoms with E-state index in [4.69, 9.17) is 34.1 Å². The second kappa shape index (κ2) is 15.2. The first-order chi connectivity index (χ1) is 18.6. The van der Waals surface area contributed by atoms with Crippen LogP contribution >= 0.6 is 0 Å². The van der Waals surface area contributed by atoms with Crippen molar-refractivity contribution >= 4 is 35.3 Å². The van der Waals surface area contributed by atoms with E-state index in [0.717, 1.165) is 0 Å². The zero-order valence-corrected chi connectivity index (χ0v) is 23.1. The highest BCUT2D eigenvalue weighted by molar-refractivity contribution is 6.19. The molecule has 0 saturated heterocycles. The number of imide groups is 1. The number of carbonyl (C=O) groups excluding carboxylic acids is 4. The summed E-state index contributed by atoms with van der Waals surface area (Å²) in [5, 5.41) is 20.5. The highest BCUT2D eigenvalue weighted by Gasteiger charge is 2.63. The fraction of sp³-hybridized carbons (Fsp3) is 0.538. The third kappa shape index (κ3) is 8.14. The first-order valence-electron chi connectivity index (χ1n) is 12.9. The lowest BCUT2D eigenvalue weighted by atomic mass is 9.72. The van der Waals surface area contributed by atoms with Crippen molar-refractivity contribution in [3.8, 4) is 0 Å². The number of nitrogens with one attached hydrogen (secondary N) is 2. The van der Waals surface area contributed by atoms with Crippen LogP contribution in [0.3, 0.4) is 0 Å². The molecule has 0 heterocycles. The van der Waals surface area contributed by atoms with Crippen LogP contribution in [-0.4, -0.2) is 82.1 Å². The Hall–Kier alpha value is -3.72. The number of hydrogen-bond donors (Lipinski definition) is 8. The van der Waals surface area contributed by atoms with Gasteiger partial charge in [-0.15, -0.1) is 0 Å². The molecule has 0 aliphatic carbocycles. The number of aliphatic carboxylic acids is 1. The van der Waals surface area contributed by atoms with Crippen molar-refractivity contribution in [1.82, 2.24) is 10.2 Å². The predicted octanol–water partition coefficient (Wildman–Crippen LogP) is -1.96. The Kier molecular flexibility index (Phi) is 13.0. The first kappa shape index (κ1) is 34.3. The molecule has 0 saturated carbocycles. The molecule has 0 fully saturated rings. The molecule has 5 unspecified atom stereocenters. The predicted molar refractivity (Wildman–Crippen MR) is 149 cm³/mol. The van der Waals surface area contributed by atoms with E-state index in [0.29, 0.717) is 5.56 Å². The third-order valence-corrected chi connectivity index (χ3v) is 6.43. The summed E-state index contributed by atoms with van der Waals surface area (Å²) < 4.78 is 0. The zero-order valence-electron chi connectivity index (χ0n) is 23.1. The van der Waals surface area contributed by atoms with E-state index in [9.17, 15) is 29.1 Å². The molecule has 5 atom stereocenters. The number of carbonyl (C=O) groups is 5. The van der Waals surface area contributed by atoms with Crippen LogP contribution in [0.1, 0.15) is 39.2 Å². The smallest absolute Gasteiger partial charge is 0.338 e. The summed E-state index contributed by atoms with van der Waals surface area (Å²) in [6.07, 6.45) is -0.545. The largest absolute Gasteiger partial charge is 0.479 e. The van der Waals surface area contributed by atoms with Crippen LogP contribution in [-0.2, 0) is 30.4 Å². The summed E-state index contributed by atoms with van der Waals surface area (Å²) >= 11 is 0. The number of guanidine groups is 1. The summed E-state index contributed by atoms with van der Waals surface area (Å²) in [5.41, 5.74) is 26.6. The minimum atomic E-state index is -3.13. The van der Waals surface area contributed by atoms with Gasteiger partial charge in [0.1, 0.15) is 0 Å². The van der Waals surface area contributed by atoms with Crippen LogP contribution in [0.5, 0.6) is 0 Å². The second-order valence-corrected chi connectivity index (χ2v) is 10.1. The van der Waals surface area contributed by atoms with Crippen molar-refractivity contribution in [3.05, 3.63) is 35.9 Å². The Balaban J connectivity index is 3.98. The molecule has 1 rings (SSSR count). The molecule has 0 aromatic heterocycles. The Morgan fingerprint density at radius 2 is 1.55 bits per heavy atom. The summed E-state index contributed by atoms with van der Waals surface area (Å²) in [6.45, 7) is 3.57. The SMILES string of the molecule is CC(C)CC(N)C(=O)N(C(=O)C(N)Cc1ccccc1)C(C(=O)O)(C(=O)CN)C(CCNC(=N)N)C(=O)C(C)N. The molecule has 0 aliphatic rings. The lowest BCUT2D eigenvalue weighted by molar-refractivity contribution is -0.177. The van der Waals surface area contributed by atoms with Crippen LogP contribution in [0.2, 0.25) is 0 Å². The molecular weight excluding hydrogens is 520 g/mol. The van der Waals surface area contributed by atoms with Crippen molar-refractivity contribution in [2.24, 2.45) is 40.5 Å². The molecule has 2 amide bonds. The number of hydrogen-bond acceptors (Lipinski definition) is 10. The Bertz CT molecular complexity index is 1080. The first-order valence-corrected chi connectivity index (χ1v) is 12.9. The van der Waals surface area contributed by atoms with E-state index in [2.05, 4.69) is 5.32 Å². The van der Waals surface area contributed by atoms with E-state index in [-0.39, 0.29) is 30.2 Å². The molecule has 1 aromatic rings. The molecule has 0 spiro atoms. The highest BCUT2D eigenvalue weighted by atomic mass is 16.4. The number of ketones is 2. The van der Waals surface area contributed by atoms with E-state index in [1.54, 1.807) is 44.2 Å². The number of carboxylic acid groups (broad SMARTS) is 1. The lowest BCUT2D eigenvalue weighted by Gasteiger charge is -2.44. The quantitative estimate of drug-likeness (QED) is 0.0619. The number of amides is 2. The van der Waals surface area contributed by atoms with Gasteiger partial charge in [0.05, 0.1) is 30.6 Å². The van der Waals surface area contributed by atoms with E-state index >= 15 is 0 Å². The van der Waals surface area contributed by atoms with Gasteiger partial charge in [0.2, 0.25) is 17.4 Å². The van der Waals surface area contributed by atoms with Crippen molar-refractivity contribution in [2.45, 2.75) is 63.7 Å². The van der Waals surface area contributed by atoms with Gasteiger partial charge in [-0.1, -0.05) is 44.2 Å². The molecule has 0 radical (unpaired) electrons. The van der Waals surface area contributed by atoms with Crippen molar-refractivity contribution < 1.29 is 29.1 Å². The van der Waals surface area contributed by atoms with Gasteiger partial charge in [-0.3, -0.25) is 29.5 Å². The monoisotopic (exact) mass is 562 g/mol. The summed E-state index contributed by atoms with van der Waals surface area (Å²) in [7, 11) is 0. The topological polar surface area (TPSA) is 275 Å². The Labute approximate surface area is 233 Å². The molecule has 14 heteroatoms. The van der Waals surface area contributed by atoms with Gasteiger partial charge in [0.25, 0.3) is 0 Å². The fourth-order valence-corrected chi connectivity index (χ4v) is 4.57.